The highest BCUT2D eigenvalue weighted by Crippen LogP contribution is 2.11. The predicted octanol–water partition coefficient (Wildman–Crippen LogP) is 1.50. The van der Waals surface area contributed by atoms with Crippen molar-refractivity contribution in [1.82, 2.24) is 0 Å². The number of hydrogen-bond acceptors (Lipinski definition) is 2. The molecule has 1 aliphatic heterocycles. The Labute approximate surface area is 72.7 Å². The van der Waals surface area contributed by atoms with E-state index in [0.29, 0.717) is 13.0 Å². The zero-order chi connectivity index (χ0) is 8.81. The third kappa shape index (κ3) is 3.72. The van der Waals surface area contributed by atoms with Crippen molar-refractivity contribution < 1.29 is 14.6 Å². The summed E-state index contributed by atoms with van der Waals surface area (Å²) < 4.78 is 4.79. The summed E-state index contributed by atoms with van der Waals surface area (Å²) in [5, 5.41) is 11.1. The van der Waals surface area contributed by atoms with Crippen LogP contribution in [-0.4, -0.2) is 18.7 Å². The van der Waals surface area contributed by atoms with E-state index in [9.17, 15) is 9.90 Å². The summed E-state index contributed by atoms with van der Waals surface area (Å²) in [5.41, 5.74) is 0. The van der Waals surface area contributed by atoms with Gasteiger partial charge in [0.25, 0.3) is 0 Å². The van der Waals surface area contributed by atoms with Gasteiger partial charge in [-0.1, -0.05) is 12.8 Å². The van der Waals surface area contributed by atoms with Crippen molar-refractivity contribution in [1.29, 1.82) is 0 Å². The number of ether oxygens (including phenoxy) is 1. The Morgan fingerprint density at radius 3 is 3.08 bits per heavy atom. The van der Waals surface area contributed by atoms with E-state index in [2.05, 4.69) is 0 Å². The lowest BCUT2D eigenvalue weighted by Gasteiger charge is -2.10. The SMILES string of the molecule is [O]C1CCCC[CH]COC(=O)C1. The minimum absolute atomic E-state index is 0.0356. The lowest BCUT2D eigenvalue weighted by molar-refractivity contribution is -0.146. The van der Waals surface area contributed by atoms with Gasteiger partial charge in [-0.05, 0) is 19.3 Å². The molecule has 1 atom stereocenters. The Morgan fingerprint density at radius 1 is 1.42 bits per heavy atom. The molecule has 3 heteroatoms. The van der Waals surface area contributed by atoms with Crippen LogP contribution < -0.4 is 0 Å². The minimum atomic E-state index is -0.754. The largest absolute Gasteiger partial charge is 0.465 e. The number of rotatable bonds is 0. The fourth-order valence-corrected chi connectivity index (χ4v) is 1.24. The molecule has 1 rings (SSSR count). The normalized spacial score (nSPS) is 27.8. The van der Waals surface area contributed by atoms with Crippen LogP contribution in [0.1, 0.15) is 32.1 Å². The summed E-state index contributed by atoms with van der Waals surface area (Å²) >= 11 is 0. The van der Waals surface area contributed by atoms with Crippen LogP contribution in [0, 0.1) is 6.42 Å². The third-order valence-electron chi connectivity index (χ3n) is 1.94. The van der Waals surface area contributed by atoms with Crippen molar-refractivity contribution >= 4 is 5.97 Å². The Balaban J connectivity index is 2.29. The van der Waals surface area contributed by atoms with Crippen molar-refractivity contribution in [3.63, 3.8) is 0 Å². The van der Waals surface area contributed by atoms with E-state index in [-0.39, 0.29) is 12.4 Å². The highest BCUT2D eigenvalue weighted by atomic mass is 16.5. The highest BCUT2D eigenvalue weighted by Gasteiger charge is 2.14. The maximum atomic E-state index is 11.1. The fourth-order valence-electron chi connectivity index (χ4n) is 1.24. The zero-order valence-corrected chi connectivity index (χ0v) is 7.12. The topological polar surface area (TPSA) is 46.2 Å². The van der Waals surface area contributed by atoms with E-state index in [1.165, 1.54) is 0 Å². The van der Waals surface area contributed by atoms with E-state index in [1.807, 2.05) is 6.42 Å². The molecule has 0 aromatic rings. The van der Waals surface area contributed by atoms with Gasteiger partial charge in [0.2, 0.25) is 0 Å². The maximum Gasteiger partial charge on any atom is 0.308 e. The molecule has 0 spiro atoms. The minimum Gasteiger partial charge on any atom is -0.465 e. The van der Waals surface area contributed by atoms with Gasteiger partial charge in [-0.15, -0.1) is 0 Å². The average Bonchev–Trinajstić information content (AvgIpc) is 2.02. The van der Waals surface area contributed by atoms with Crippen molar-refractivity contribution in [2.24, 2.45) is 0 Å². The molecule has 0 aromatic carbocycles. The van der Waals surface area contributed by atoms with Gasteiger partial charge < -0.3 is 4.74 Å². The molecule has 1 unspecified atom stereocenters. The Morgan fingerprint density at radius 2 is 2.25 bits per heavy atom. The van der Waals surface area contributed by atoms with Gasteiger partial charge in [-0.25, -0.2) is 5.11 Å². The van der Waals surface area contributed by atoms with Crippen LogP contribution in [0.25, 0.3) is 0 Å². The smallest absolute Gasteiger partial charge is 0.308 e. The van der Waals surface area contributed by atoms with Crippen LogP contribution in [0.4, 0.5) is 0 Å². The van der Waals surface area contributed by atoms with Crippen LogP contribution in [-0.2, 0) is 14.6 Å². The van der Waals surface area contributed by atoms with Gasteiger partial charge in [0.05, 0.1) is 13.0 Å². The van der Waals surface area contributed by atoms with Gasteiger partial charge >= 0.3 is 5.97 Å². The molecule has 3 nitrogen and oxygen atoms in total. The lowest BCUT2D eigenvalue weighted by Crippen LogP contribution is -2.16. The number of esters is 1. The van der Waals surface area contributed by atoms with Crippen LogP contribution in [0.5, 0.6) is 0 Å². The predicted molar refractivity (Wildman–Crippen MR) is 42.8 cm³/mol. The Kier molecular flexibility index (Phi) is 4.08. The zero-order valence-electron chi connectivity index (χ0n) is 7.12. The number of cyclic esters (lactones) is 1. The molecule has 1 heterocycles. The second-order valence-corrected chi connectivity index (χ2v) is 3.08. The second-order valence-electron chi connectivity index (χ2n) is 3.08. The monoisotopic (exact) mass is 170 g/mol. The standard InChI is InChI=1S/C9H14O3/c10-8-5-3-1-2-4-6-12-9(11)7-8/h4,8H,1-3,5-7H2. The van der Waals surface area contributed by atoms with E-state index in [1.54, 1.807) is 0 Å². The molecule has 0 saturated carbocycles. The van der Waals surface area contributed by atoms with Crippen molar-refractivity contribution in [3.8, 4) is 0 Å². The van der Waals surface area contributed by atoms with Crippen molar-refractivity contribution in [3.05, 3.63) is 6.42 Å². The maximum absolute atomic E-state index is 11.1. The molecule has 0 aliphatic carbocycles. The van der Waals surface area contributed by atoms with E-state index in [4.69, 9.17) is 4.74 Å². The fraction of sp³-hybridized carbons (Fsp3) is 0.778. The molecular formula is C9H14O3. The summed E-state index contributed by atoms with van der Waals surface area (Å²) in [6.45, 7) is 0.367. The summed E-state index contributed by atoms with van der Waals surface area (Å²) in [6.07, 6.45) is 4.74. The molecule has 0 N–H and O–H groups in total. The molecule has 1 aliphatic rings. The van der Waals surface area contributed by atoms with Crippen LogP contribution in [0.2, 0.25) is 0 Å². The van der Waals surface area contributed by atoms with Crippen molar-refractivity contribution in [2.45, 2.75) is 38.2 Å². The third-order valence-corrected chi connectivity index (χ3v) is 1.94. The lowest BCUT2D eigenvalue weighted by atomic mass is 10.1. The molecule has 0 aromatic heterocycles. The van der Waals surface area contributed by atoms with Gasteiger partial charge in [0.1, 0.15) is 6.10 Å². The first-order valence-corrected chi connectivity index (χ1v) is 4.42. The quantitative estimate of drug-likeness (QED) is 0.517. The van der Waals surface area contributed by atoms with E-state index < -0.39 is 6.10 Å². The summed E-state index contributed by atoms with van der Waals surface area (Å²) in [4.78, 5) is 10.9. The van der Waals surface area contributed by atoms with Crippen LogP contribution in [0.15, 0.2) is 0 Å². The molecule has 2 radical (unpaired) electrons. The Hall–Kier alpha value is -0.570. The molecule has 68 valence electrons. The van der Waals surface area contributed by atoms with Crippen LogP contribution in [0.3, 0.4) is 0 Å². The summed E-state index contributed by atoms with van der Waals surface area (Å²) in [6, 6.07) is 0. The van der Waals surface area contributed by atoms with E-state index in [0.717, 1.165) is 19.3 Å². The van der Waals surface area contributed by atoms with Gasteiger partial charge in [0.15, 0.2) is 0 Å². The molecular weight excluding hydrogens is 156 g/mol. The van der Waals surface area contributed by atoms with Crippen molar-refractivity contribution in [2.75, 3.05) is 6.61 Å². The number of carbonyl (C=O) groups is 1. The summed E-state index contributed by atoms with van der Waals surface area (Å²) in [7, 11) is 0. The molecule has 1 fully saturated rings. The Bertz CT molecular complexity index is 145. The first-order chi connectivity index (χ1) is 5.79. The summed E-state index contributed by atoms with van der Waals surface area (Å²) in [5.74, 6) is -0.354. The van der Waals surface area contributed by atoms with Gasteiger partial charge in [-0.3, -0.25) is 4.79 Å². The highest BCUT2D eigenvalue weighted by molar-refractivity contribution is 5.69. The molecule has 1 saturated heterocycles. The van der Waals surface area contributed by atoms with Gasteiger partial charge in [-0.2, -0.15) is 0 Å². The van der Waals surface area contributed by atoms with Gasteiger partial charge in [0, 0.05) is 0 Å². The van der Waals surface area contributed by atoms with E-state index >= 15 is 0 Å². The molecule has 0 amide bonds. The molecule has 0 bridgehead atoms. The number of hydrogen-bond donors (Lipinski definition) is 0. The second kappa shape index (κ2) is 5.14. The first-order valence-electron chi connectivity index (χ1n) is 4.42. The molecule has 12 heavy (non-hydrogen) atoms. The average molecular weight is 170 g/mol. The van der Waals surface area contributed by atoms with Crippen LogP contribution >= 0.6 is 0 Å². The first kappa shape index (κ1) is 9.52. The number of carbonyl (C=O) groups excluding carboxylic acids is 1.